The van der Waals surface area contributed by atoms with Gasteiger partial charge in [0.2, 0.25) is 0 Å². The van der Waals surface area contributed by atoms with Crippen LogP contribution in [0.15, 0.2) is 66.7 Å². The number of nitrogens with one attached hydrogen (secondary N) is 1. The predicted octanol–water partition coefficient (Wildman–Crippen LogP) is 5.64. The lowest BCUT2D eigenvalue weighted by Gasteiger charge is -2.35. The second kappa shape index (κ2) is 7.17. The van der Waals surface area contributed by atoms with Crippen LogP contribution in [0.25, 0.3) is 10.8 Å². The van der Waals surface area contributed by atoms with Gasteiger partial charge in [-0.15, -0.1) is 5.92 Å². The Morgan fingerprint density at radius 3 is 2.41 bits per heavy atom. The first-order valence-corrected chi connectivity index (χ1v) is 13.3. The summed E-state index contributed by atoms with van der Waals surface area (Å²) in [6.45, 7) is 7.94. The molecule has 0 atom stereocenters. The number of nitrogens with zero attached hydrogens (tertiary/aromatic N) is 1. The molecule has 0 unspecified atom stereocenters. The van der Waals surface area contributed by atoms with Crippen molar-refractivity contribution >= 4 is 37.2 Å². The molecular formula is C23H25BN2Si. The molecule has 3 aromatic carbocycles. The van der Waals surface area contributed by atoms with E-state index in [-0.39, 0.29) is 6.98 Å². The highest BCUT2D eigenvalue weighted by atomic mass is 28.3. The first kappa shape index (κ1) is 17.8. The second-order valence-electron chi connectivity index (χ2n) is 8.40. The maximum absolute atomic E-state index is 3.69. The van der Waals surface area contributed by atoms with Gasteiger partial charge in [-0.2, -0.15) is 0 Å². The normalized spacial score (nSPS) is 13.1. The molecule has 1 aliphatic heterocycles. The van der Waals surface area contributed by atoms with Crippen molar-refractivity contribution in [3.63, 3.8) is 0 Å². The lowest BCUT2D eigenvalue weighted by Crippen LogP contribution is -2.47. The quantitative estimate of drug-likeness (QED) is 0.475. The average Bonchev–Trinajstić information content (AvgIpc) is 2.65. The average molecular weight is 368 g/mol. The minimum Gasteiger partial charge on any atom is -0.398 e. The van der Waals surface area contributed by atoms with Crippen LogP contribution in [0.1, 0.15) is 5.56 Å². The molecule has 0 spiro atoms. The third kappa shape index (κ3) is 3.89. The summed E-state index contributed by atoms with van der Waals surface area (Å²) in [7, 11) is -1.18. The van der Waals surface area contributed by atoms with Crippen molar-refractivity contribution in [1.29, 1.82) is 0 Å². The second-order valence-corrected chi connectivity index (χ2v) is 13.9. The van der Waals surface area contributed by atoms with Crippen LogP contribution in [0.5, 0.6) is 0 Å². The Labute approximate surface area is 163 Å². The maximum atomic E-state index is 3.69. The predicted molar refractivity (Wildman–Crippen MR) is 122 cm³/mol. The van der Waals surface area contributed by atoms with Crippen LogP contribution < -0.4 is 10.0 Å². The molecule has 0 radical (unpaired) electrons. The summed E-state index contributed by atoms with van der Waals surface area (Å²) in [4.78, 5) is 2.40. The van der Waals surface area contributed by atoms with Crippen LogP contribution in [0.3, 0.4) is 0 Å². The van der Waals surface area contributed by atoms with E-state index >= 15 is 0 Å². The van der Waals surface area contributed by atoms with E-state index in [0.29, 0.717) is 0 Å². The van der Waals surface area contributed by atoms with E-state index < -0.39 is 8.07 Å². The molecule has 0 fully saturated rings. The molecule has 0 aromatic heterocycles. The standard InChI is InChI=1S/C23H25BN2Si/c1-27(2,3)17-9-16-24-25-21-14-7-12-20-13-8-15-22(23(20)21)26(24)18-19-10-5-4-6-11-19/h4-8,10-15,25H,17-18H2,1-3H3. The molecule has 1 aliphatic rings. The maximum Gasteiger partial charge on any atom is 0.463 e. The molecule has 0 saturated heterocycles. The van der Waals surface area contributed by atoms with Crippen molar-refractivity contribution in [3.05, 3.63) is 72.3 Å². The number of hydrogen-bond acceptors (Lipinski definition) is 2. The number of hydrogen-bond donors (Lipinski definition) is 1. The van der Waals surface area contributed by atoms with E-state index in [1.807, 2.05) is 0 Å². The number of rotatable bonds is 3. The van der Waals surface area contributed by atoms with Crippen molar-refractivity contribution in [1.82, 2.24) is 0 Å². The molecule has 27 heavy (non-hydrogen) atoms. The molecule has 0 saturated carbocycles. The van der Waals surface area contributed by atoms with Gasteiger partial charge in [0.05, 0.1) is 8.07 Å². The highest BCUT2D eigenvalue weighted by Crippen LogP contribution is 2.37. The summed E-state index contributed by atoms with van der Waals surface area (Å²) < 4.78 is 0. The number of benzene rings is 3. The Bertz CT molecular complexity index is 1010. The lowest BCUT2D eigenvalue weighted by atomic mass is 9.71. The van der Waals surface area contributed by atoms with Gasteiger partial charge < -0.3 is 10.0 Å². The van der Waals surface area contributed by atoms with Gasteiger partial charge in [0.15, 0.2) is 0 Å². The Kier molecular flexibility index (Phi) is 4.72. The highest BCUT2D eigenvalue weighted by molar-refractivity contribution is 6.78. The fraction of sp³-hybridized carbons (Fsp3) is 0.217. The molecule has 134 valence electrons. The molecule has 0 amide bonds. The van der Waals surface area contributed by atoms with E-state index in [1.54, 1.807) is 0 Å². The largest absolute Gasteiger partial charge is 0.463 e. The molecule has 3 aromatic rings. The summed E-state index contributed by atoms with van der Waals surface area (Å²) >= 11 is 0. The molecule has 0 aliphatic carbocycles. The molecule has 4 rings (SSSR count). The van der Waals surface area contributed by atoms with Crippen LogP contribution in [0.4, 0.5) is 11.4 Å². The van der Waals surface area contributed by atoms with Crippen molar-refractivity contribution in [2.45, 2.75) is 32.2 Å². The topological polar surface area (TPSA) is 15.3 Å². The van der Waals surface area contributed by atoms with Gasteiger partial charge in [0, 0.05) is 29.3 Å². The Morgan fingerprint density at radius 1 is 0.926 bits per heavy atom. The fourth-order valence-corrected chi connectivity index (χ4v) is 4.16. The van der Waals surface area contributed by atoms with Crippen LogP contribution in [-0.2, 0) is 6.54 Å². The van der Waals surface area contributed by atoms with E-state index in [0.717, 1.165) is 12.6 Å². The molecule has 1 N–H and O–H groups in total. The third-order valence-electron chi connectivity index (χ3n) is 4.85. The van der Waals surface area contributed by atoms with Crippen molar-refractivity contribution in [2.24, 2.45) is 0 Å². The first-order valence-electron chi connectivity index (χ1n) is 9.58. The van der Waals surface area contributed by atoms with Crippen LogP contribution in [0.2, 0.25) is 25.7 Å². The minimum atomic E-state index is -1.18. The molecule has 4 heteroatoms. The summed E-state index contributed by atoms with van der Waals surface area (Å²) in [5.41, 5.74) is 3.74. The Balaban J connectivity index is 1.76. The van der Waals surface area contributed by atoms with E-state index in [4.69, 9.17) is 0 Å². The zero-order chi connectivity index (χ0) is 18.9. The molecule has 2 nitrogen and oxygen atoms in total. The summed E-state index contributed by atoms with van der Waals surface area (Å²) in [5, 5.41) is 6.24. The first-order chi connectivity index (χ1) is 13.0. The van der Waals surface area contributed by atoms with Crippen LogP contribution in [0, 0.1) is 11.7 Å². The Hall–Kier alpha value is -2.64. The summed E-state index contributed by atoms with van der Waals surface area (Å²) in [6, 6.07) is 24.7. The molecule has 0 bridgehead atoms. The zero-order valence-corrected chi connectivity index (χ0v) is 17.3. The van der Waals surface area contributed by atoms with E-state index in [9.17, 15) is 0 Å². The van der Waals surface area contributed by atoms with Crippen molar-refractivity contribution < 1.29 is 0 Å². The summed E-state index contributed by atoms with van der Waals surface area (Å²) in [5.74, 6) is 7.01. The van der Waals surface area contributed by atoms with Gasteiger partial charge in [0.25, 0.3) is 0 Å². The third-order valence-corrected chi connectivity index (χ3v) is 6.09. The van der Waals surface area contributed by atoms with Gasteiger partial charge in [-0.1, -0.05) is 80.1 Å². The summed E-state index contributed by atoms with van der Waals surface area (Å²) in [6.07, 6.45) is 0. The monoisotopic (exact) mass is 368 g/mol. The van der Waals surface area contributed by atoms with Crippen molar-refractivity contribution in [2.75, 3.05) is 10.0 Å². The zero-order valence-electron chi connectivity index (χ0n) is 16.3. The van der Waals surface area contributed by atoms with E-state index in [2.05, 4.69) is 108 Å². The van der Waals surface area contributed by atoms with Gasteiger partial charge >= 0.3 is 6.98 Å². The minimum absolute atomic E-state index is 0.0120. The molecular weight excluding hydrogens is 343 g/mol. The van der Waals surface area contributed by atoms with Gasteiger partial charge in [-0.25, -0.2) is 0 Å². The smallest absolute Gasteiger partial charge is 0.398 e. The van der Waals surface area contributed by atoms with Gasteiger partial charge in [-0.3, -0.25) is 0 Å². The van der Waals surface area contributed by atoms with Crippen LogP contribution >= 0.6 is 0 Å². The van der Waals surface area contributed by atoms with Crippen molar-refractivity contribution in [3.8, 4) is 11.7 Å². The molecule has 1 heterocycles. The van der Waals surface area contributed by atoms with E-state index in [1.165, 1.54) is 27.7 Å². The van der Waals surface area contributed by atoms with Gasteiger partial charge in [-0.05, 0) is 23.1 Å². The SMILES string of the molecule is C[Si](C)(C)CC#CB1Nc2cccc3cccc(c23)N1Cc1ccccc1. The lowest BCUT2D eigenvalue weighted by molar-refractivity contribution is 1.03. The van der Waals surface area contributed by atoms with Crippen LogP contribution in [-0.4, -0.2) is 15.1 Å². The number of anilines is 2. The van der Waals surface area contributed by atoms with Gasteiger partial charge in [0.1, 0.15) is 0 Å². The highest BCUT2D eigenvalue weighted by Gasteiger charge is 2.30. The fourth-order valence-electron chi connectivity index (χ4n) is 3.53. The Morgan fingerprint density at radius 2 is 1.67 bits per heavy atom.